The summed E-state index contributed by atoms with van der Waals surface area (Å²) in [5.74, 6) is -3.57. The number of ether oxygens (including phenoxy) is 1. The molecule has 1 aliphatic heterocycles. The van der Waals surface area contributed by atoms with Gasteiger partial charge < -0.3 is 10.1 Å². The summed E-state index contributed by atoms with van der Waals surface area (Å²) in [5, 5.41) is 4.85. The highest BCUT2D eigenvalue weighted by atomic mass is 19.4. The van der Waals surface area contributed by atoms with Crippen molar-refractivity contribution in [3.8, 4) is 5.75 Å². The van der Waals surface area contributed by atoms with Crippen molar-refractivity contribution in [2.24, 2.45) is 0 Å². The molecule has 4 nitrogen and oxygen atoms in total. The maximum absolute atomic E-state index is 13.1. The van der Waals surface area contributed by atoms with Crippen molar-refractivity contribution >= 4 is 5.91 Å². The molecule has 2 N–H and O–H groups in total. The quantitative estimate of drug-likeness (QED) is 0.801. The Morgan fingerprint density at radius 1 is 1.42 bits per heavy atom. The number of amides is 1. The molecule has 1 aliphatic rings. The molecule has 1 aromatic rings. The smallest absolute Gasteiger partial charge is 0.422 e. The number of carbonyl (C=O) groups excluding carboxylic acids is 1. The maximum Gasteiger partial charge on any atom is 0.422 e. The number of carbonyl (C=O) groups is 1. The third kappa shape index (κ3) is 5.33. The Morgan fingerprint density at radius 3 is 2.71 bits per heavy atom. The zero-order valence-corrected chi connectivity index (χ0v) is 12.8. The first-order chi connectivity index (χ1) is 11.1. The van der Waals surface area contributed by atoms with Crippen molar-refractivity contribution in [2.75, 3.05) is 13.2 Å². The first-order valence-corrected chi connectivity index (χ1v) is 7.24. The predicted molar refractivity (Wildman–Crippen MR) is 75.9 cm³/mol. The van der Waals surface area contributed by atoms with E-state index >= 15 is 0 Å². The first kappa shape index (κ1) is 18.4. The fraction of sp³-hybridized carbons (Fsp3) is 0.533. The van der Waals surface area contributed by atoms with Crippen molar-refractivity contribution in [3.63, 3.8) is 0 Å². The second-order valence-electron chi connectivity index (χ2n) is 5.73. The van der Waals surface area contributed by atoms with Crippen LogP contribution in [0.5, 0.6) is 5.75 Å². The number of nitrogens with one attached hydrogen (secondary N) is 2. The molecule has 0 aromatic heterocycles. The highest BCUT2D eigenvalue weighted by molar-refractivity contribution is 5.82. The van der Waals surface area contributed by atoms with E-state index in [4.69, 9.17) is 4.74 Å². The summed E-state index contributed by atoms with van der Waals surface area (Å²) >= 11 is 0. The Balaban J connectivity index is 1.98. The normalized spacial score (nSPS) is 20.0. The van der Waals surface area contributed by atoms with Crippen LogP contribution in [-0.2, 0) is 11.3 Å². The van der Waals surface area contributed by atoms with E-state index < -0.39 is 43.6 Å². The predicted octanol–water partition coefficient (Wildman–Crippen LogP) is 2.55. The average molecular weight is 352 g/mol. The lowest BCUT2D eigenvalue weighted by atomic mass is 10.1. The number of hydrogen-bond acceptors (Lipinski definition) is 3. The zero-order chi connectivity index (χ0) is 18.0. The van der Waals surface area contributed by atoms with Crippen LogP contribution < -0.4 is 15.4 Å². The van der Waals surface area contributed by atoms with E-state index in [1.54, 1.807) is 13.0 Å². The summed E-state index contributed by atoms with van der Waals surface area (Å²) in [7, 11) is 0. The van der Waals surface area contributed by atoms with Crippen LogP contribution in [0, 0.1) is 6.92 Å². The fourth-order valence-corrected chi connectivity index (χ4v) is 2.31. The van der Waals surface area contributed by atoms with Crippen LogP contribution in [0.3, 0.4) is 0 Å². The molecule has 0 saturated carbocycles. The summed E-state index contributed by atoms with van der Waals surface area (Å²) in [6.45, 7) is -0.452. The third-order valence-electron chi connectivity index (χ3n) is 3.49. The Bertz CT molecular complexity index is 604. The standard InChI is InChI=1S/C15H17F5N2O2/c1-9-2-3-10(12(4-9)24-8-15(18,19)20)6-21-13(23)11-5-14(16,17)7-22-11/h2-4,11,22H,5-8H2,1H3,(H,21,23). The second kappa shape index (κ2) is 6.92. The van der Waals surface area contributed by atoms with Gasteiger partial charge in [0.05, 0.1) is 12.6 Å². The van der Waals surface area contributed by atoms with E-state index in [9.17, 15) is 26.7 Å². The van der Waals surface area contributed by atoms with Crippen LogP contribution in [0.2, 0.25) is 0 Å². The van der Waals surface area contributed by atoms with Crippen molar-refractivity contribution in [1.29, 1.82) is 0 Å². The lowest BCUT2D eigenvalue weighted by Gasteiger charge is -2.16. The maximum atomic E-state index is 13.1. The number of hydrogen-bond donors (Lipinski definition) is 2. The van der Waals surface area contributed by atoms with Gasteiger partial charge in [-0.15, -0.1) is 0 Å². The summed E-state index contributed by atoms with van der Waals surface area (Å²) in [6, 6.07) is 3.59. The Hall–Kier alpha value is -1.90. The summed E-state index contributed by atoms with van der Waals surface area (Å²) in [6.07, 6.45) is -5.09. The van der Waals surface area contributed by atoms with Crippen LogP contribution in [0.25, 0.3) is 0 Å². The van der Waals surface area contributed by atoms with Crippen LogP contribution in [0.1, 0.15) is 17.5 Å². The molecular weight excluding hydrogens is 335 g/mol. The van der Waals surface area contributed by atoms with Crippen molar-refractivity contribution < 1.29 is 31.5 Å². The minimum Gasteiger partial charge on any atom is -0.484 e. The van der Waals surface area contributed by atoms with Gasteiger partial charge in [-0.1, -0.05) is 12.1 Å². The van der Waals surface area contributed by atoms with Crippen LogP contribution in [-0.4, -0.2) is 37.2 Å². The fourth-order valence-electron chi connectivity index (χ4n) is 2.31. The molecule has 1 unspecified atom stereocenters. The van der Waals surface area contributed by atoms with Gasteiger partial charge in [0, 0.05) is 18.5 Å². The number of benzene rings is 1. The molecule has 0 aliphatic carbocycles. The molecule has 134 valence electrons. The van der Waals surface area contributed by atoms with Crippen LogP contribution >= 0.6 is 0 Å². The molecular formula is C15H17F5N2O2. The number of rotatable bonds is 5. The first-order valence-electron chi connectivity index (χ1n) is 7.24. The molecule has 2 rings (SSSR count). The molecule has 0 radical (unpaired) electrons. The second-order valence-corrected chi connectivity index (χ2v) is 5.73. The van der Waals surface area contributed by atoms with Gasteiger partial charge in [0.25, 0.3) is 5.92 Å². The lowest BCUT2D eigenvalue weighted by molar-refractivity contribution is -0.153. The molecule has 1 fully saturated rings. The van der Waals surface area contributed by atoms with E-state index in [2.05, 4.69) is 10.6 Å². The third-order valence-corrected chi connectivity index (χ3v) is 3.49. The van der Waals surface area contributed by atoms with E-state index in [0.717, 1.165) is 0 Å². The van der Waals surface area contributed by atoms with E-state index in [0.29, 0.717) is 11.1 Å². The van der Waals surface area contributed by atoms with E-state index in [1.807, 2.05) is 0 Å². The summed E-state index contributed by atoms with van der Waals surface area (Å²) < 4.78 is 67.8. The van der Waals surface area contributed by atoms with Crippen LogP contribution in [0.15, 0.2) is 18.2 Å². The minimum atomic E-state index is -4.48. The van der Waals surface area contributed by atoms with Gasteiger partial charge in [0.1, 0.15) is 5.75 Å². The molecule has 0 bridgehead atoms. The van der Waals surface area contributed by atoms with Crippen molar-refractivity contribution in [3.05, 3.63) is 29.3 Å². The summed E-state index contributed by atoms with van der Waals surface area (Å²) in [4.78, 5) is 11.9. The molecule has 1 saturated heterocycles. The minimum absolute atomic E-state index is 0.00247. The van der Waals surface area contributed by atoms with Gasteiger partial charge in [0.15, 0.2) is 6.61 Å². The van der Waals surface area contributed by atoms with Gasteiger partial charge in [-0.3, -0.25) is 10.1 Å². The summed E-state index contributed by atoms with van der Waals surface area (Å²) in [5.41, 5.74) is 1.03. The molecule has 1 atom stereocenters. The molecule has 0 spiro atoms. The highest BCUT2D eigenvalue weighted by Crippen LogP contribution is 2.26. The van der Waals surface area contributed by atoms with Crippen LogP contribution in [0.4, 0.5) is 22.0 Å². The Labute approximate surface area is 135 Å². The Morgan fingerprint density at radius 2 is 2.12 bits per heavy atom. The molecule has 24 heavy (non-hydrogen) atoms. The highest BCUT2D eigenvalue weighted by Gasteiger charge is 2.42. The van der Waals surface area contributed by atoms with E-state index in [-0.39, 0.29) is 12.3 Å². The molecule has 9 heteroatoms. The SMILES string of the molecule is Cc1ccc(CNC(=O)C2CC(F)(F)CN2)c(OCC(F)(F)F)c1. The molecule has 1 amide bonds. The molecule has 1 aromatic carbocycles. The van der Waals surface area contributed by atoms with Gasteiger partial charge in [-0.2, -0.15) is 13.2 Å². The molecule has 1 heterocycles. The Kier molecular flexibility index (Phi) is 5.32. The van der Waals surface area contributed by atoms with E-state index in [1.165, 1.54) is 12.1 Å². The zero-order valence-electron chi connectivity index (χ0n) is 12.8. The van der Waals surface area contributed by atoms with Gasteiger partial charge in [-0.05, 0) is 18.6 Å². The van der Waals surface area contributed by atoms with Gasteiger partial charge >= 0.3 is 6.18 Å². The largest absolute Gasteiger partial charge is 0.484 e. The average Bonchev–Trinajstić information content (AvgIpc) is 2.83. The lowest BCUT2D eigenvalue weighted by Crippen LogP contribution is -2.40. The van der Waals surface area contributed by atoms with Gasteiger partial charge in [0.2, 0.25) is 5.91 Å². The van der Waals surface area contributed by atoms with Crippen molar-refractivity contribution in [2.45, 2.75) is 38.0 Å². The van der Waals surface area contributed by atoms with Gasteiger partial charge in [-0.25, -0.2) is 8.78 Å². The number of halogens is 5. The number of aryl methyl sites for hydroxylation is 1. The number of alkyl halides is 5. The topological polar surface area (TPSA) is 50.4 Å². The van der Waals surface area contributed by atoms with Crippen molar-refractivity contribution in [1.82, 2.24) is 10.6 Å². The monoisotopic (exact) mass is 352 g/mol.